The van der Waals surface area contributed by atoms with Crippen LogP contribution in [0.3, 0.4) is 0 Å². The highest BCUT2D eigenvalue weighted by Crippen LogP contribution is 2.32. The Labute approximate surface area is 169 Å². The number of benzene rings is 2. The zero-order valence-electron chi connectivity index (χ0n) is 13.1. The van der Waals surface area contributed by atoms with E-state index in [9.17, 15) is 13.6 Å². The second-order valence-corrected chi connectivity index (χ2v) is 7.88. The van der Waals surface area contributed by atoms with Crippen LogP contribution in [0.2, 0.25) is 0 Å². The minimum Gasteiger partial charge on any atom is -0.489 e. The summed E-state index contributed by atoms with van der Waals surface area (Å²) in [4.78, 5) is 12.9. The molecule has 0 bridgehead atoms. The van der Waals surface area contributed by atoms with Gasteiger partial charge in [-0.15, -0.1) is 11.3 Å². The molecule has 1 amide bonds. The molecule has 3 rings (SSSR count). The van der Waals surface area contributed by atoms with Crippen LogP contribution in [-0.2, 0) is 6.61 Å². The third-order valence-corrected chi connectivity index (χ3v) is 5.57. The molecule has 1 N–H and O–H groups in total. The first-order valence-electron chi connectivity index (χ1n) is 7.34. The van der Waals surface area contributed by atoms with Gasteiger partial charge in [-0.25, -0.2) is 8.78 Å². The van der Waals surface area contributed by atoms with E-state index in [0.29, 0.717) is 25.3 Å². The largest absolute Gasteiger partial charge is 0.489 e. The van der Waals surface area contributed by atoms with Gasteiger partial charge in [-0.2, -0.15) is 0 Å². The normalized spacial score (nSPS) is 10.6. The lowest BCUT2D eigenvalue weighted by atomic mass is 10.3. The summed E-state index contributed by atoms with van der Waals surface area (Å²) in [5, 5.41) is 4.56. The van der Waals surface area contributed by atoms with Gasteiger partial charge in [-0.3, -0.25) is 4.79 Å². The van der Waals surface area contributed by atoms with Crippen LogP contribution in [0.4, 0.5) is 14.5 Å². The van der Waals surface area contributed by atoms with Gasteiger partial charge >= 0.3 is 0 Å². The van der Waals surface area contributed by atoms with E-state index in [-0.39, 0.29) is 18.3 Å². The fourth-order valence-electron chi connectivity index (χ4n) is 2.10. The van der Waals surface area contributed by atoms with Crippen molar-refractivity contribution in [1.82, 2.24) is 0 Å². The van der Waals surface area contributed by atoms with Gasteiger partial charge < -0.3 is 10.1 Å². The highest BCUT2D eigenvalue weighted by Gasteiger charge is 2.14. The number of thiophene rings is 1. The molecule has 2 aromatic carbocycles. The van der Waals surface area contributed by atoms with E-state index in [4.69, 9.17) is 4.74 Å². The van der Waals surface area contributed by atoms with Crippen molar-refractivity contribution in [3.63, 3.8) is 0 Å². The molecule has 0 saturated carbocycles. The van der Waals surface area contributed by atoms with Crippen LogP contribution >= 0.6 is 43.2 Å². The molecule has 134 valence electrons. The molecule has 3 nitrogen and oxygen atoms in total. The number of carbonyl (C=O) groups is 1. The predicted molar refractivity (Wildman–Crippen MR) is 105 cm³/mol. The maximum absolute atomic E-state index is 13.3. The Kier molecular flexibility index (Phi) is 6.05. The van der Waals surface area contributed by atoms with Crippen molar-refractivity contribution in [2.75, 3.05) is 5.32 Å². The second kappa shape index (κ2) is 8.28. The van der Waals surface area contributed by atoms with Crippen molar-refractivity contribution in [2.45, 2.75) is 6.61 Å². The Morgan fingerprint density at radius 2 is 1.69 bits per heavy atom. The molecule has 0 aliphatic carbocycles. The molecule has 1 heterocycles. The number of amides is 1. The van der Waals surface area contributed by atoms with Crippen LogP contribution in [-0.4, -0.2) is 5.91 Å². The number of hydrogen-bond acceptors (Lipinski definition) is 3. The lowest BCUT2D eigenvalue weighted by Gasteiger charge is -2.09. The minimum atomic E-state index is -0.418. The van der Waals surface area contributed by atoms with Crippen LogP contribution in [0, 0.1) is 11.6 Å². The molecule has 0 spiro atoms. The standard InChI is InChI=1S/C18H11Br2F2NO2S/c19-14-6-12(22)7-15(20)17(14)23-18(24)16-5-10(9-26-16)8-25-13-3-1-11(21)2-4-13/h1-7,9H,8H2,(H,23,24). The molecule has 0 fully saturated rings. The highest BCUT2D eigenvalue weighted by atomic mass is 79.9. The molecule has 0 radical (unpaired) electrons. The van der Waals surface area contributed by atoms with Crippen molar-refractivity contribution in [3.05, 3.63) is 78.9 Å². The summed E-state index contributed by atoms with van der Waals surface area (Å²) in [6.07, 6.45) is 0. The van der Waals surface area contributed by atoms with Gasteiger partial charge in [0.1, 0.15) is 24.0 Å². The summed E-state index contributed by atoms with van der Waals surface area (Å²) in [5.41, 5.74) is 1.27. The van der Waals surface area contributed by atoms with Crippen LogP contribution in [0.25, 0.3) is 0 Å². The van der Waals surface area contributed by atoms with Crippen molar-refractivity contribution in [2.24, 2.45) is 0 Å². The molecule has 0 unspecified atom stereocenters. The summed E-state index contributed by atoms with van der Waals surface area (Å²) in [7, 11) is 0. The van der Waals surface area contributed by atoms with Crippen molar-refractivity contribution in [3.8, 4) is 5.75 Å². The van der Waals surface area contributed by atoms with Crippen molar-refractivity contribution >= 4 is 54.8 Å². The van der Waals surface area contributed by atoms with E-state index in [1.165, 1.54) is 35.6 Å². The van der Waals surface area contributed by atoms with Crippen molar-refractivity contribution in [1.29, 1.82) is 0 Å². The molecular formula is C18H11Br2F2NO2S. The first-order valence-corrected chi connectivity index (χ1v) is 9.80. The van der Waals surface area contributed by atoms with Gasteiger partial charge in [0, 0.05) is 14.5 Å². The van der Waals surface area contributed by atoms with Gasteiger partial charge in [-0.1, -0.05) is 0 Å². The fraction of sp³-hybridized carbons (Fsp3) is 0.0556. The van der Waals surface area contributed by atoms with E-state index < -0.39 is 5.82 Å². The second-order valence-electron chi connectivity index (χ2n) is 5.26. The number of hydrogen-bond donors (Lipinski definition) is 1. The van der Waals surface area contributed by atoms with Gasteiger partial charge in [0.15, 0.2) is 0 Å². The number of nitrogens with one attached hydrogen (secondary N) is 1. The smallest absolute Gasteiger partial charge is 0.265 e. The van der Waals surface area contributed by atoms with E-state index >= 15 is 0 Å². The first-order chi connectivity index (χ1) is 12.4. The number of anilines is 1. The number of rotatable bonds is 5. The molecule has 0 aliphatic rings. The lowest BCUT2D eigenvalue weighted by Crippen LogP contribution is -2.11. The Morgan fingerprint density at radius 3 is 2.35 bits per heavy atom. The Morgan fingerprint density at radius 1 is 1.04 bits per heavy atom. The van der Waals surface area contributed by atoms with E-state index in [2.05, 4.69) is 37.2 Å². The molecular weight excluding hydrogens is 492 g/mol. The summed E-state index contributed by atoms with van der Waals surface area (Å²) in [6.45, 7) is 0.263. The maximum Gasteiger partial charge on any atom is 0.265 e. The molecule has 0 saturated heterocycles. The quantitative estimate of drug-likeness (QED) is 0.439. The SMILES string of the molecule is O=C(Nc1c(Br)cc(F)cc1Br)c1cc(COc2ccc(F)cc2)cs1. The van der Waals surface area contributed by atoms with Gasteiger partial charge in [0.05, 0.1) is 10.6 Å². The fourth-order valence-corrected chi connectivity index (χ4v) is 4.23. The third kappa shape index (κ3) is 4.69. The van der Waals surface area contributed by atoms with Crippen LogP contribution in [0.1, 0.15) is 15.2 Å². The monoisotopic (exact) mass is 501 g/mol. The van der Waals surface area contributed by atoms with E-state index in [1.807, 2.05) is 5.38 Å². The molecule has 26 heavy (non-hydrogen) atoms. The number of ether oxygens (including phenoxy) is 1. The zero-order chi connectivity index (χ0) is 18.7. The minimum absolute atomic E-state index is 0.263. The number of carbonyl (C=O) groups excluding carboxylic acids is 1. The van der Waals surface area contributed by atoms with Gasteiger partial charge in [-0.05, 0) is 79.7 Å². The molecule has 0 aliphatic heterocycles. The summed E-state index contributed by atoms with van der Waals surface area (Å²) >= 11 is 7.74. The van der Waals surface area contributed by atoms with E-state index in [0.717, 1.165) is 5.56 Å². The topological polar surface area (TPSA) is 38.3 Å². The summed E-state index contributed by atoms with van der Waals surface area (Å²) in [5.74, 6) is -0.512. The first kappa shape index (κ1) is 19.0. The molecule has 1 aromatic heterocycles. The average molecular weight is 503 g/mol. The third-order valence-electron chi connectivity index (χ3n) is 3.34. The van der Waals surface area contributed by atoms with Gasteiger partial charge in [0.2, 0.25) is 0 Å². The Bertz CT molecular complexity index is 922. The average Bonchev–Trinajstić information content (AvgIpc) is 3.06. The molecule has 8 heteroatoms. The maximum atomic E-state index is 13.3. The zero-order valence-corrected chi connectivity index (χ0v) is 17.1. The Hall–Kier alpha value is -1.77. The van der Waals surface area contributed by atoms with E-state index in [1.54, 1.807) is 18.2 Å². The van der Waals surface area contributed by atoms with Crippen LogP contribution in [0.15, 0.2) is 56.8 Å². The van der Waals surface area contributed by atoms with Crippen LogP contribution < -0.4 is 10.1 Å². The molecule has 0 atom stereocenters. The van der Waals surface area contributed by atoms with Crippen molar-refractivity contribution < 1.29 is 18.3 Å². The molecule has 3 aromatic rings. The lowest BCUT2D eigenvalue weighted by molar-refractivity contribution is 0.103. The summed E-state index contributed by atoms with van der Waals surface area (Å²) in [6, 6.07) is 9.99. The highest BCUT2D eigenvalue weighted by molar-refractivity contribution is 9.11. The summed E-state index contributed by atoms with van der Waals surface area (Å²) < 4.78 is 32.6. The Balaban J connectivity index is 1.65. The van der Waals surface area contributed by atoms with Crippen LogP contribution in [0.5, 0.6) is 5.75 Å². The van der Waals surface area contributed by atoms with Gasteiger partial charge in [0.25, 0.3) is 5.91 Å². The number of halogens is 4. The predicted octanol–water partition coefficient (Wildman–Crippen LogP) is 6.38.